The van der Waals surface area contributed by atoms with Crippen LogP contribution in [0.1, 0.15) is 25.3 Å². The van der Waals surface area contributed by atoms with Crippen molar-refractivity contribution in [1.82, 2.24) is 0 Å². The van der Waals surface area contributed by atoms with Crippen LogP contribution in [-0.4, -0.2) is 26.4 Å². The van der Waals surface area contributed by atoms with Crippen molar-refractivity contribution in [1.29, 1.82) is 0 Å². The third kappa shape index (κ3) is 7.24. The summed E-state index contributed by atoms with van der Waals surface area (Å²) in [6.07, 6.45) is 0. The van der Waals surface area contributed by atoms with E-state index in [0.717, 1.165) is 5.56 Å². The van der Waals surface area contributed by atoms with E-state index in [0.29, 0.717) is 5.02 Å². The Kier molecular flexibility index (Phi) is 7.18. The van der Waals surface area contributed by atoms with Gasteiger partial charge in [-0.05, 0) is 24.6 Å². The molecule has 0 aromatic heterocycles. The second-order valence-electron chi connectivity index (χ2n) is 4.33. The van der Waals surface area contributed by atoms with Gasteiger partial charge in [0.1, 0.15) is 5.54 Å². The molecule has 6 nitrogen and oxygen atoms in total. The summed E-state index contributed by atoms with van der Waals surface area (Å²) in [4.78, 5) is 25.7. The van der Waals surface area contributed by atoms with E-state index in [4.69, 9.17) is 36.8 Å². The lowest BCUT2D eigenvalue weighted by molar-refractivity contribution is -0.143. The minimum atomic E-state index is -4.17. The van der Waals surface area contributed by atoms with Crippen LogP contribution in [-0.2, 0) is 9.36 Å². The lowest BCUT2D eigenvalue weighted by Crippen LogP contribution is -2.49. The van der Waals surface area contributed by atoms with Crippen LogP contribution in [0.4, 0.5) is 0 Å². The Balaban J connectivity index is 0.000000621. The largest absolute Gasteiger partial charge is 0.480 e. The van der Waals surface area contributed by atoms with Crippen LogP contribution >= 0.6 is 29.8 Å². The summed E-state index contributed by atoms with van der Waals surface area (Å²) in [6.45, 7) is -0.869. The van der Waals surface area contributed by atoms with Gasteiger partial charge in [0.15, 0.2) is 0 Å². The molecular weight excluding hydrogens is 328 g/mol. The van der Waals surface area contributed by atoms with Gasteiger partial charge in [0.2, 0.25) is 0 Å². The maximum atomic E-state index is 11.0. The molecule has 0 amide bonds. The fourth-order valence-corrected chi connectivity index (χ4v) is 1.41. The topological polar surface area (TPSA) is 121 Å². The minimum Gasteiger partial charge on any atom is -0.480 e. The summed E-state index contributed by atoms with van der Waals surface area (Å²) < 4.78 is 9.09. The summed E-state index contributed by atoms with van der Waals surface area (Å²) in [5.74, 6) is -1.28. The van der Waals surface area contributed by atoms with Gasteiger partial charge in [-0.3, -0.25) is 4.79 Å². The predicted molar refractivity (Wildman–Crippen MR) is 78.0 cm³/mol. The fourth-order valence-electron chi connectivity index (χ4n) is 1.28. The van der Waals surface area contributed by atoms with Crippen molar-refractivity contribution in [2.24, 2.45) is 5.73 Å². The van der Waals surface area contributed by atoms with Crippen molar-refractivity contribution in [2.45, 2.75) is 25.3 Å². The molecule has 0 heterocycles. The average molecular weight is 344 g/mol. The number of hydrogen-bond donors (Lipinski definition) is 4. The van der Waals surface area contributed by atoms with Crippen molar-refractivity contribution in [2.75, 3.05) is 0 Å². The van der Waals surface area contributed by atoms with E-state index in [1.165, 1.54) is 6.92 Å². The number of halogens is 2. The van der Waals surface area contributed by atoms with Gasteiger partial charge in [-0.15, -0.1) is 0 Å². The summed E-state index contributed by atoms with van der Waals surface area (Å²) in [5, 5.41) is 9.60. The Morgan fingerprint density at radius 2 is 1.70 bits per heavy atom. The monoisotopic (exact) mass is 343 g/mol. The second-order valence-corrected chi connectivity index (χ2v) is 7.04. The highest BCUT2D eigenvalue weighted by Gasteiger charge is 2.35. The van der Waals surface area contributed by atoms with Crippen LogP contribution in [0, 0.1) is 0 Å². The molecule has 0 aliphatic heterocycles. The van der Waals surface area contributed by atoms with Crippen LogP contribution in [0.25, 0.3) is 0 Å². The Bertz CT molecular complexity index is 492. The highest BCUT2D eigenvalue weighted by molar-refractivity contribution is 7.79. The Morgan fingerprint density at radius 1 is 1.35 bits per heavy atom. The van der Waals surface area contributed by atoms with Gasteiger partial charge in [0.25, 0.3) is 0 Å². The van der Waals surface area contributed by atoms with Crippen LogP contribution in [0.2, 0.25) is 5.02 Å². The molecule has 0 bridgehead atoms. The van der Waals surface area contributed by atoms with Crippen molar-refractivity contribution in [3.63, 3.8) is 0 Å². The summed E-state index contributed by atoms with van der Waals surface area (Å²) >= 11 is 9.94. The Hall–Kier alpha value is -0.620. The molecule has 0 spiro atoms. The zero-order valence-corrected chi connectivity index (χ0v) is 13.2. The van der Waals surface area contributed by atoms with Gasteiger partial charge in [-0.2, -0.15) is 0 Å². The molecule has 0 aliphatic rings. The minimum absolute atomic E-state index is 0.271. The van der Waals surface area contributed by atoms with Gasteiger partial charge < -0.3 is 20.6 Å². The summed E-state index contributed by atoms with van der Waals surface area (Å²) in [5.41, 5.74) is 5.34. The smallest absolute Gasteiger partial charge is 0.419 e. The molecule has 1 aromatic rings. The van der Waals surface area contributed by atoms with Crippen molar-refractivity contribution in [3.05, 3.63) is 34.9 Å². The molecule has 2 atom stereocenters. The normalized spacial score (nSPS) is 15.6. The molecule has 0 aliphatic carbocycles. The van der Waals surface area contributed by atoms with E-state index in [1.807, 2.05) is 0 Å². The van der Waals surface area contributed by atoms with E-state index in [2.05, 4.69) is 11.2 Å². The third-order valence-electron chi connectivity index (χ3n) is 2.73. The van der Waals surface area contributed by atoms with Crippen LogP contribution < -0.4 is 5.73 Å². The zero-order valence-electron chi connectivity index (χ0n) is 10.8. The molecule has 1 aromatic carbocycles. The summed E-state index contributed by atoms with van der Waals surface area (Å²) in [7, 11) is 0. The number of carboxylic acids is 1. The van der Waals surface area contributed by atoms with Crippen LogP contribution in [0.3, 0.4) is 0 Å². The van der Waals surface area contributed by atoms with E-state index in [-0.39, 0.29) is 5.92 Å². The molecule has 114 valence electrons. The molecule has 2 unspecified atom stereocenters. The standard InChI is InChI=1S/C11H14ClNO2.ClH2O3P/c1-7(11(2,13)10(14)15)8-3-5-9(12)6-4-8;1-5(2,3)4/h3-7H,13H2,1-2H3,(H,14,15);(H2,2,3,4). The van der Waals surface area contributed by atoms with Gasteiger partial charge in [0, 0.05) is 22.2 Å². The predicted octanol–water partition coefficient (Wildman–Crippen LogP) is 2.56. The molecule has 0 fully saturated rings. The van der Waals surface area contributed by atoms with Crippen molar-refractivity contribution >= 4 is 35.8 Å². The highest BCUT2D eigenvalue weighted by Crippen LogP contribution is 2.39. The molecule has 0 saturated carbocycles. The number of rotatable bonds is 3. The molecule has 9 heteroatoms. The quantitative estimate of drug-likeness (QED) is 0.626. The molecular formula is C11H16Cl2NO5P. The fraction of sp³-hybridized carbons (Fsp3) is 0.364. The first kappa shape index (κ1) is 19.4. The first-order valence-electron chi connectivity index (χ1n) is 5.38. The van der Waals surface area contributed by atoms with Gasteiger partial charge in [-0.25, -0.2) is 4.57 Å². The van der Waals surface area contributed by atoms with E-state index in [9.17, 15) is 4.79 Å². The van der Waals surface area contributed by atoms with Gasteiger partial charge in [0.05, 0.1) is 0 Å². The van der Waals surface area contributed by atoms with Crippen LogP contribution in [0.5, 0.6) is 0 Å². The summed E-state index contributed by atoms with van der Waals surface area (Å²) in [6, 6.07) is 7.04. The van der Waals surface area contributed by atoms with Gasteiger partial charge >= 0.3 is 12.9 Å². The number of hydrogen-bond acceptors (Lipinski definition) is 3. The van der Waals surface area contributed by atoms with Crippen molar-refractivity contribution in [3.8, 4) is 0 Å². The average Bonchev–Trinajstić information content (AvgIpc) is 2.26. The van der Waals surface area contributed by atoms with Crippen LogP contribution in [0.15, 0.2) is 24.3 Å². The molecule has 0 saturated heterocycles. The lowest BCUT2D eigenvalue weighted by Gasteiger charge is -2.27. The van der Waals surface area contributed by atoms with Crippen molar-refractivity contribution < 1.29 is 24.3 Å². The highest BCUT2D eigenvalue weighted by atomic mass is 35.7. The van der Waals surface area contributed by atoms with E-state index in [1.54, 1.807) is 31.2 Å². The third-order valence-corrected chi connectivity index (χ3v) is 2.98. The number of carboxylic acid groups (broad SMARTS) is 1. The van der Waals surface area contributed by atoms with E-state index < -0.39 is 18.5 Å². The second kappa shape index (κ2) is 7.41. The molecule has 5 N–H and O–H groups in total. The maximum Gasteiger partial charge on any atom is 0.419 e. The zero-order chi connectivity index (χ0) is 16.1. The number of aliphatic carboxylic acids is 1. The lowest BCUT2D eigenvalue weighted by atomic mass is 9.83. The Morgan fingerprint density at radius 3 is 2.00 bits per heavy atom. The number of carbonyl (C=O) groups is 1. The van der Waals surface area contributed by atoms with Gasteiger partial charge in [-0.1, -0.05) is 30.7 Å². The molecule has 0 radical (unpaired) electrons. The number of nitrogens with two attached hydrogens (primary N) is 1. The Labute approximate surface area is 126 Å². The molecule has 1 rings (SSSR count). The SMILES string of the molecule is CC(c1ccc(Cl)cc1)C(C)(N)C(=O)O.O=P(O)(O)Cl. The first-order chi connectivity index (χ1) is 8.85. The first-order valence-corrected chi connectivity index (χ1v) is 8.28. The number of benzene rings is 1. The van der Waals surface area contributed by atoms with E-state index >= 15 is 0 Å². The maximum absolute atomic E-state index is 11.0. The molecule has 20 heavy (non-hydrogen) atoms.